The molecule has 0 bridgehead atoms. The molecule has 0 radical (unpaired) electrons. The lowest BCUT2D eigenvalue weighted by Gasteiger charge is -2.34. The van der Waals surface area contributed by atoms with Gasteiger partial charge in [-0.3, -0.25) is 4.79 Å². The Morgan fingerprint density at radius 2 is 2.06 bits per heavy atom. The van der Waals surface area contributed by atoms with Crippen molar-refractivity contribution in [3.8, 4) is 0 Å². The highest BCUT2D eigenvalue weighted by molar-refractivity contribution is 5.94. The van der Waals surface area contributed by atoms with Crippen molar-refractivity contribution in [1.82, 2.24) is 0 Å². The van der Waals surface area contributed by atoms with Crippen LogP contribution in [0.1, 0.15) is 36.5 Å². The van der Waals surface area contributed by atoms with E-state index in [0.717, 1.165) is 24.7 Å². The topological polar surface area (TPSA) is 72.3 Å². The fourth-order valence-corrected chi connectivity index (χ4v) is 2.58. The molecule has 0 aromatic heterocycles. The van der Waals surface area contributed by atoms with Crippen LogP contribution in [0.5, 0.6) is 0 Å². The molecule has 0 atom stereocenters. The van der Waals surface area contributed by atoms with Gasteiger partial charge in [-0.05, 0) is 37.0 Å². The second-order valence-corrected chi connectivity index (χ2v) is 4.98. The zero-order valence-corrected chi connectivity index (χ0v) is 10.9. The third kappa shape index (κ3) is 2.58. The molecule has 1 heterocycles. The molecule has 0 saturated carbocycles. The molecule has 2 rings (SSSR count). The predicted octanol–water partition coefficient (Wildman–Crippen LogP) is 1.99. The summed E-state index contributed by atoms with van der Waals surface area (Å²) in [7, 11) is 0. The lowest BCUT2D eigenvalue weighted by Crippen LogP contribution is -2.34. The normalized spacial score (nSPS) is 16.8. The summed E-state index contributed by atoms with van der Waals surface area (Å²) in [6.45, 7) is 4.33. The number of hydrogen-bond donors (Lipinski definition) is 2. The van der Waals surface area contributed by atoms with Crippen LogP contribution in [0.15, 0.2) is 18.2 Å². The highest BCUT2D eigenvalue weighted by Gasteiger charge is 2.19. The zero-order chi connectivity index (χ0) is 13.1. The second kappa shape index (κ2) is 5.29. The molecule has 1 aliphatic rings. The number of piperidine rings is 1. The average molecular weight is 247 g/mol. The summed E-state index contributed by atoms with van der Waals surface area (Å²) < 4.78 is 0. The van der Waals surface area contributed by atoms with Crippen molar-refractivity contribution in [2.45, 2.75) is 26.2 Å². The number of rotatable bonds is 3. The zero-order valence-electron chi connectivity index (χ0n) is 10.9. The number of amides is 1. The van der Waals surface area contributed by atoms with Crippen molar-refractivity contribution in [2.24, 2.45) is 11.7 Å². The first kappa shape index (κ1) is 12.7. The fourth-order valence-electron chi connectivity index (χ4n) is 2.58. The molecule has 4 nitrogen and oxygen atoms in total. The maximum absolute atomic E-state index is 11.1. The van der Waals surface area contributed by atoms with Crippen molar-refractivity contribution >= 4 is 17.3 Å². The molecule has 0 unspecified atom stereocenters. The Morgan fingerprint density at radius 1 is 1.39 bits per heavy atom. The number of primary amides is 1. The molecule has 1 fully saturated rings. The van der Waals surface area contributed by atoms with Crippen molar-refractivity contribution in [3.05, 3.63) is 23.8 Å². The predicted molar refractivity (Wildman–Crippen MR) is 74.6 cm³/mol. The van der Waals surface area contributed by atoms with Crippen molar-refractivity contribution in [3.63, 3.8) is 0 Å². The van der Waals surface area contributed by atoms with Crippen LogP contribution in [0.3, 0.4) is 0 Å². The third-order valence-corrected chi connectivity index (χ3v) is 3.84. The van der Waals surface area contributed by atoms with E-state index >= 15 is 0 Å². The lowest BCUT2D eigenvalue weighted by atomic mass is 9.94. The quantitative estimate of drug-likeness (QED) is 0.802. The number of nitrogen functional groups attached to an aromatic ring is 1. The molecule has 1 aromatic rings. The van der Waals surface area contributed by atoms with Crippen LogP contribution < -0.4 is 16.4 Å². The molecule has 4 N–H and O–H groups in total. The van der Waals surface area contributed by atoms with E-state index in [1.165, 1.54) is 19.3 Å². The first-order valence-corrected chi connectivity index (χ1v) is 6.56. The van der Waals surface area contributed by atoms with Gasteiger partial charge in [0, 0.05) is 18.7 Å². The van der Waals surface area contributed by atoms with Gasteiger partial charge in [-0.25, -0.2) is 0 Å². The molecule has 18 heavy (non-hydrogen) atoms. The van der Waals surface area contributed by atoms with Gasteiger partial charge >= 0.3 is 0 Å². The molecule has 1 aromatic carbocycles. The number of nitrogens with zero attached hydrogens (tertiary/aromatic N) is 1. The van der Waals surface area contributed by atoms with Gasteiger partial charge in [-0.2, -0.15) is 0 Å². The highest BCUT2D eigenvalue weighted by Crippen LogP contribution is 2.29. The lowest BCUT2D eigenvalue weighted by molar-refractivity contribution is 0.100. The van der Waals surface area contributed by atoms with Crippen LogP contribution in [0.2, 0.25) is 0 Å². The van der Waals surface area contributed by atoms with E-state index in [2.05, 4.69) is 11.8 Å². The summed E-state index contributed by atoms with van der Waals surface area (Å²) in [4.78, 5) is 13.4. The first-order chi connectivity index (χ1) is 8.61. The summed E-state index contributed by atoms with van der Waals surface area (Å²) in [5, 5.41) is 0. The summed E-state index contributed by atoms with van der Waals surface area (Å²) in [6, 6.07) is 5.32. The van der Waals surface area contributed by atoms with Gasteiger partial charge < -0.3 is 16.4 Å². The molecule has 1 saturated heterocycles. The van der Waals surface area contributed by atoms with Gasteiger partial charge in [-0.1, -0.05) is 13.3 Å². The van der Waals surface area contributed by atoms with Gasteiger partial charge in [0.05, 0.1) is 11.4 Å². The maximum Gasteiger partial charge on any atom is 0.248 e. The van der Waals surface area contributed by atoms with E-state index in [4.69, 9.17) is 11.5 Å². The summed E-state index contributed by atoms with van der Waals surface area (Å²) >= 11 is 0. The number of benzene rings is 1. The number of hydrogen-bond acceptors (Lipinski definition) is 3. The number of nitrogens with two attached hydrogens (primary N) is 2. The minimum absolute atomic E-state index is 0.432. The van der Waals surface area contributed by atoms with E-state index in [-0.39, 0.29) is 0 Å². The van der Waals surface area contributed by atoms with Crippen LogP contribution in [0, 0.1) is 5.92 Å². The minimum Gasteiger partial charge on any atom is -0.397 e. The number of anilines is 2. The Bertz CT molecular complexity index is 437. The molecular formula is C14H21N3O. The summed E-state index contributed by atoms with van der Waals surface area (Å²) in [5.41, 5.74) is 13.4. The Labute approximate surface area is 108 Å². The Kier molecular flexibility index (Phi) is 3.75. The monoisotopic (exact) mass is 247 g/mol. The summed E-state index contributed by atoms with van der Waals surface area (Å²) in [5.74, 6) is 0.408. The van der Waals surface area contributed by atoms with E-state index in [9.17, 15) is 4.79 Å². The van der Waals surface area contributed by atoms with Crippen molar-refractivity contribution < 1.29 is 4.79 Å². The van der Waals surface area contributed by atoms with E-state index < -0.39 is 5.91 Å². The molecule has 4 heteroatoms. The van der Waals surface area contributed by atoms with Gasteiger partial charge in [-0.15, -0.1) is 0 Å². The molecular weight excluding hydrogens is 226 g/mol. The minimum atomic E-state index is -0.432. The molecule has 1 aliphatic heterocycles. The van der Waals surface area contributed by atoms with Crippen molar-refractivity contribution in [1.29, 1.82) is 0 Å². The molecule has 98 valence electrons. The largest absolute Gasteiger partial charge is 0.397 e. The fraction of sp³-hybridized carbons (Fsp3) is 0.500. The highest BCUT2D eigenvalue weighted by atomic mass is 16.1. The molecule has 0 spiro atoms. The smallest absolute Gasteiger partial charge is 0.248 e. The maximum atomic E-state index is 11.1. The Balaban J connectivity index is 2.12. The first-order valence-electron chi connectivity index (χ1n) is 6.56. The van der Waals surface area contributed by atoms with E-state index in [1.54, 1.807) is 12.1 Å². The van der Waals surface area contributed by atoms with E-state index in [0.29, 0.717) is 11.3 Å². The molecule has 0 aliphatic carbocycles. The number of carbonyl (C=O) groups is 1. The van der Waals surface area contributed by atoms with Crippen LogP contribution >= 0.6 is 0 Å². The standard InChI is InChI=1S/C14H21N3O/c1-2-10-5-7-17(8-6-10)13-4-3-11(14(16)18)9-12(13)15/h3-4,9-10H,2,5-8,15H2,1H3,(H2,16,18). The van der Waals surface area contributed by atoms with Crippen LogP contribution in [-0.2, 0) is 0 Å². The molecule has 1 amide bonds. The van der Waals surface area contributed by atoms with Crippen molar-refractivity contribution in [2.75, 3.05) is 23.7 Å². The van der Waals surface area contributed by atoms with Crippen LogP contribution in [0.4, 0.5) is 11.4 Å². The van der Waals surface area contributed by atoms with E-state index in [1.807, 2.05) is 6.07 Å². The number of carbonyl (C=O) groups excluding carboxylic acids is 1. The van der Waals surface area contributed by atoms with Gasteiger partial charge in [0.15, 0.2) is 0 Å². The average Bonchev–Trinajstić information content (AvgIpc) is 2.38. The Morgan fingerprint density at radius 3 is 2.56 bits per heavy atom. The van der Waals surface area contributed by atoms with Gasteiger partial charge in [0.25, 0.3) is 0 Å². The Hall–Kier alpha value is -1.71. The van der Waals surface area contributed by atoms with Crippen LogP contribution in [0.25, 0.3) is 0 Å². The van der Waals surface area contributed by atoms with Gasteiger partial charge in [0.2, 0.25) is 5.91 Å². The third-order valence-electron chi connectivity index (χ3n) is 3.84. The SMILES string of the molecule is CCC1CCN(c2ccc(C(N)=O)cc2N)CC1. The second-order valence-electron chi connectivity index (χ2n) is 4.98. The summed E-state index contributed by atoms with van der Waals surface area (Å²) in [6.07, 6.45) is 3.69. The van der Waals surface area contributed by atoms with Gasteiger partial charge in [0.1, 0.15) is 0 Å². The van der Waals surface area contributed by atoms with Crippen LogP contribution in [-0.4, -0.2) is 19.0 Å².